The summed E-state index contributed by atoms with van der Waals surface area (Å²) in [5.41, 5.74) is 0. The average Bonchev–Trinajstić information content (AvgIpc) is 1.36. The van der Waals surface area contributed by atoms with Crippen molar-refractivity contribution in [2.24, 2.45) is 0 Å². The SMILES string of the molecule is O=P(O)(O)O.[AlH3].[LiH].[O]=[GaH]. The molecule has 50 valence electrons. The summed E-state index contributed by atoms with van der Waals surface area (Å²) in [6.07, 6.45) is 0. The summed E-state index contributed by atoms with van der Waals surface area (Å²) in [6, 6.07) is 0. The van der Waals surface area contributed by atoms with Crippen LogP contribution in [0.4, 0.5) is 0 Å². The minimum absolute atomic E-state index is 0. The Morgan fingerprint density at radius 1 is 1.11 bits per heavy atom. The second kappa shape index (κ2) is 12.4. The summed E-state index contributed by atoms with van der Waals surface area (Å²) in [5.74, 6) is 0. The standard InChI is InChI=1S/Al.Ga.Li.H3O4P.O.5H/c;;;1-5(2,3)4;;;;;;/h;;;(H3,1,2,3,4);;;;;;. The van der Waals surface area contributed by atoms with Gasteiger partial charge in [0.1, 0.15) is 0 Å². The second-order valence-electron chi connectivity index (χ2n) is 0.513. The molecule has 0 aromatic rings. The molecule has 0 saturated heterocycles. The van der Waals surface area contributed by atoms with Gasteiger partial charge in [0, 0.05) is 0 Å². The fourth-order valence-electron chi connectivity index (χ4n) is 0. The van der Waals surface area contributed by atoms with Crippen molar-refractivity contribution in [1.82, 2.24) is 0 Å². The average molecular weight is 223 g/mol. The van der Waals surface area contributed by atoms with E-state index in [9.17, 15) is 0 Å². The topological polar surface area (TPSA) is 94.8 Å². The van der Waals surface area contributed by atoms with E-state index < -0.39 is 7.82 Å². The van der Waals surface area contributed by atoms with Crippen molar-refractivity contribution in [2.45, 2.75) is 0 Å². The van der Waals surface area contributed by atoms with E-state index in [2.05, 4.69) is 0 Å². The minimum atomic E-state index is -4.64. The maximum absolute atomic E-state index is 8.88. The van der Waals surface area contributed by atoms with Gasteiger partial charge in [-0.15, -0.1) is 0 Å². The van der Waals surface area contributed by atoms with Crippen molar-refractivity contribution in [3.8, 4) is 0 Å². The Morgan fingerprint density at radius 3 is 1.11 bits per heavy atom. The van der Waals surface area contributed by atoms with Gasteiger partial charge in [-0.1, -0.05) is 0 Å². The van der Waals surface area contributed by atoms with Crippen LogP contribution in [0.5, 0.6) is 0 Å². The third kappa shape index (κ3) is 203. The zero-order valence-electron chi connectivity index (χ0n) is 3.31. The molecule has 9 heavy (non-hydrogen) atoms. The first-order chi connectivity index (χ1) is 3.00. The molecule has 0 aliphatic rings. The molecular formula is H8AlGaLiO5P. The van der Waals surface area contributed by atoms with Crippen molar-refractivity contribution in [1.29, 1.82) is 0 Å². The fourth-order valence-corrected chi connectivity index (χ4v) is 0. The molecule has 0 atom stereocenters. The Bertz CT molecular complexity index is 72.8. The molecule has 0 aromatic carbocycles. The van der Waals surface area contributed by atoms with Crippen LogP contribution in [0.3, 0.4) is 0 Å². The molecule has 0 aromatic heterocycles. The molecule has 0 unspecified atom stereocenters. The Morgan fingerprint density at radius 2 is 1.11 bits per heavy atom. The molecule has 0 saturated carbocycles. The van der Waals surface area contributed by atoms with E-state index in [4.69, 9.17) is 22.8 Å². The van der Waals surface area contributed by atoms with Crippen LogP contribution >= 0.6 is 7.82 Å². The van der Waals surface area contributed by atoms with Crippen LogP contribution in [0.15, 0.2) is 0 Å². The number of rotatable bonds is 0. The predicted octanol–water partition coefficient (Wildman–Crippen LogP) is -3.53. The Kier molecular flexibility index (Phi) is 30.8. The molecule has 3 N–H and O–H groups in total. The monoisotopic (exact) mass is 222 g/mol. The molecule has 0 fully saturated rings. The fraction of sp³-hybridized carbons (Fsp3) is 0. The summed E-state index contributed by atoms with van der Waals surface area (Å²) < 4.78 is 17.3. The molecule has 9 heteroatoms. The number of hydrogen-bond acceptors (Lipinski definition) is 2. The van der Waals surface area contributed by atoms with Crippen LogP contribution in [0.1, 0.15) is 0 Å². The van der Waals surface area contributed by atoms with Gasteiger partial charge in [-0.3, -0.25) is 0 Å². The van der Waals surface area contributed by atoms with Crippen LogP contribution in [0.25, 0.3) is 0 Å². The summed E-state index contributed by atoms with van der Waals surface area (Å²) in [5, 5.41) is 0. The number of phosphoric acid groups is 1. The molecule has 0 aliphatic carbocycles. The van der Waals surface area contributed by atoms with E-state index in [1.54, 1.807) is 0 Å². The van der Waals surface area contributed by atoms with E-state index in [1.165, 1.54) is 0 Å². The Balaban J connectivity index is -0.0000000286. The van der Waals surface area contributed by atoms with Crippen LogP contribution in [-0.4, -0.2) is 69.5 Å². The first-order valence-electron chi connectivity index (χ1n) is 1.07. The van der Waals surface area contributed by atoms with E-state index in [1.807, 2.05) is 0 Å². The molecule has 0 rings (SSSR count). The van der Waals surface area contributed by atoms with E-state index >= 15 is 0 Å². The van der Waals surface area contributed by atoms with Crippen molar-refractivity contribution >= 4 is 62.6 Å². The maximum atomic E-state index is 8.88. The van der Waals surface area contributed by atoms with Gasteiger partial charge >= 0.3 is 48.8 Å². The molecule has 0 aliphatic heterocycles. The molecule has 5 nitrogen and oxygen atoms in total. The van der Waals surface area contributed by atoms with Crippen LogP contribution in [-0.2, 0) is 8.10 Å². The summed E-state index contributed by atoms with van der Waals surface area (Å²) in [7, 11) is -4.64. The van der Waals surface area contributed by atoms with Crippen molar-refractivity contribution in [2.75, 3.05) is 0 Å². The molecule has 0 heterocycles. The molecule has 0 spiro atoms. The first kappa shape index (κ1) is 22.4. The van der Waals surface area contributed by atoms with Gasteiger partial charge in [0.15, 0.2) is 17.4 Å². The molecular weight excluding hydrogens is 215 g/mol. The van der Waals surface area contributed by atoms with Crippen LogP contribution in [0.2, 0.25) is 0 Å². The summed E-state index contributed by atoms with van der Waals surface area (Å²) in [4.78, 5) is 21.6. The zero-order chi connectivity index (χ0) is 6.50. The normalized spacial score (nSPS) is 6.89. The van der Waals surface area contributed by atoms with Crippen LogP contribution in [0, 0.1) is 0 Å². The van der Waals surface area contributed by atoms with Gasteiger partial charge in [0.25, 0.3) is 0 Å². The quantitative estimate of drug-likeness (QED) is 0.292. The summed E-state index contributed by atoms with van der Waals surface area (Å²) >= 11 is 0.125. The molecule has 0 radical (unpaired) electrons. The van der Waals surface area contributed by atoms with Crippen molar-refractivity contribution in [3.63, 3.8) is 0 Å². The molecule has 0 bridgehead atoms. The third-order valence-electron chi connectivity index (χ3n) is 0. The van der Waals surface area contributed by atoms with Gasteiger partial charge in [-0.2, -0.15) is 0 Å². The van der Waals surface area contributed by atoms with E-state index in [0.717, 1.165) is 0 Å². The van der Waals surface area contributed by atoms with Gasteiger partial charge in [0.05, 0.1) is 0 Å². The second-order valence-corrected chi connectivity index (χ2v) is 1.54. The predicted molar refractivity (Wildman–Crippen MR) is 39.2 cm³/mol. The van der Waals surface area contributed by atoms with Gasteiger partial charge in [-0.25, -0.2) is 4.57 Å². The molecule has 0 amide bonds. The van der Waals surface area contributed by atoms with Gasteiger partial charge in [-0.05, 0) is 0 Å². The van der Waals surface area contributed by atoms with E-state index in [-0.39, 0.29) is 54.8 Å². The Hall–Kier alpha value is 1.68. The Labute approximate surface area is 85.0 Å². The summed E-state index contributed by atoms with van der Waals surface area (Å²) in [6.45, 7) is 0. The van der Waals surface area contributed by atoms with Gasteiger partial charge < -0.3 is 14.7 Å². The number of hydrogen-bond donors (Lipinski definition) is 3. The van der Waals surface area contributed by atoms with Crippen molar-refractivity contribution in [3.05, 3.63) is 0 Å². The van der Waals surface area contributed by atoms with Gasteiger partial charge in [0.2, 0.25) is 0 Å². The third-order valence-corrected chi connectivity index (χ3v) is 0. The first-order valence-corrected chi connectivity index (χ1v) is 3.85. The van der Waals surface area contributed by atoms with E-state index in [0.29, 0.717) is 0 Å². The van der Waals surface area contributed by atoms with Crippen molar-refractivity contribution < 1.29 is 22.8 Å². The van der Waals surface area contributed by atoms with Crippen LogP contribution < -0.4 is 0 Å². The zero-order valence-corrected chi connectivity index (χ0v) is 7.17.